The van der Waals surface area contributed by atoms with Crippen LogP contribution in [0, 0.1) is 0 Å². The highest BCUT2D eigenvalue weighted by atomic mass is 32.2. The highest BCUT2D eigenvalue weighted by molar-refractivity contribution is 7.92. The van der Waals surface area contributed by atoms with E-state index in [1.807, 2.05) is 0 Å². The van der Waals surface area contributed by atoms with Gasteiger partial charge in [0.2, 0.25) is 11.8 Å². The molecule has 10 nitrogen and oxygen atoms in total. The lowest BCUT2D eigenvalue weighted by atomic mass is 10.2. The molecule has 3 heterocycles. The summed E-state index contributed by atoms with van der Waals surface area (Å²) in [7, 11) is -3.85. The van der Waals surface area contributed by atoms with Gasteiger partial charge in [0.15, 0.2) is 0 Å². The molecule has 31 heavy (non-hydrogen) atoms. The molecule has 0 saturated carbocycles. The van der Waals surface area contributed by atoms with Crippen molar-refractivity contribution in [3.8, 4) is 5.88 Å². The van der Waals surface area contributed by atoms with Crippen molar-refractivity contribution in [1.82, 2.24) is 15.0 Å². The van der Waals surface area contributed by atoms with Crippen LogP contribution in [0.3, 0.4) is 0 Å². The molecule has 1 fully saturated rings. The Morgan fingerprint density at radius 2 is 1.84 bits per heavy atom. The maximum atomic E-state index is 12.4. The predicted molar refractivity (Wildman–Crippen MR) is 111 cm³/mol. The molecule has 160 valence electrons. The van der Waals surface area contributed by atoms with Crippen molar-refractivity contribution in [3.63, 3.8) is 0 Å². The summed E-state index contributed by atoms with van der Waals surface area (Å²) in [6.45, 7) is 1.20. The number of hydrogen-bond acceptors (Lipinski definition) is 8. The summed E-state index contributed by atoms with van der Waals surface area (Å²) >= 11 is 0. The van der Waals surface area contributed by atoms with Gasteiger partial charge < -0.3 is 14.8 Å². The van der Waals surface area contributed by atoms with Crippen molar-refractivity contribution in [2.75, 3.05) is 23.3 Å². The van der Waals surface area contributed by atoms with Crippen molar-refractivity contribution in [1.29, 1.82) is 0 Å². The van der Waals surface area contributed by atoms with Crippen LogP contribution in [0.1, 0.15) is 16.8 Å². The zero-order valence-electron chi connectivity index (χ0n) is 16.3. The number of carbonyl (C=O) groups is 1. The maximum absolute atomic E-state index is 12.4. The Labute approximate surface area is 178 Å². The fourth-order valence-corrected chi connectivity index (χ4v) is 3.77. The molecular weight excluding hydrogens is 422 g/mol. The lowest BCUT2D eigenvalue weighted by Gasteiger charge is -2.11. The molecule has 0 aliphatic carbocycles. The van der Waals surface area contributed by atoms with Crippen LogP contribution in [0.5, 0.6) is 5.88 Å². The van der Waals surface area contributed by atoms with E-state index in [1.165, 1.54) is 42.9 Å². The van der Waals surface area contributed by atoms with Crippen LogP contribution in [0.4, 0.5) is 11.6 Å². The maximum Gasteiger partial charge on any atom is 0.264 e. The largest absolute Gasteiger partial charge is 0.472 e. The Balaban J connectivity index is 1.37. The average Bonchev–Trinajstić information content (AvgIpc) is 3.28. The van der Waals surface area contributed by atoms with Crippen molar-refractivity contribution < 1.29 is 22.7 Å². The van der Waals surface area contributed by atoms with Gasteiger partial charge in [-0.2, -0.15) is 0 Å². The van der Waals surface area contributed by atoms with Crippen LogP contribution in [-0.2, 0) is 14.8 Å². The topological polar surface area (TPSA) is 132 Å². The first-order chi connectivity index (χ1) is 15.0. The molecule has 2 N–H and O–H groups in total. The van der Waals surface area contributed by atoms with Gasteiger partial charge in [0.05, 0.1) is 23.7 Å². The van der Waals surface area contributed by atoms with Crippen molar-refractivity contribution in [2.24, 2.45) is 0 Å². The summed E-state index contributed by atoms with van der Waals surface area (Å²) < 4.78 is 38.0. The van der Waals surface area contributed by atoms with Gasteiger partial charge in [0, 0.05) is 36.8 Å². The van der Waals surface area contributed by atoms with Crippen molar-refractivity contribution in [3.05, 3.63) is 66.6 Å². The minimum Gasteiger partial charge on any atom is -0.472 e. The number of rotatable bonds is 7. The molecule has 3 aromatic rings. The second-order valence-corrected chi connectivity index (χ2v) is 8.33. The van der Waals surface area contributed by atoms with E-state index in [0.717, 1.165) is 6.42 Å². The molecule has 1 aliphatic rings. The molecule has 1 amide bonds. The van der Waals surface area contributed by atoms with E-state index in [4.69, 9.17) is 9.47 Å². The van der Waals surface area contributed by atoms with Gasteiger partial charge in [-0.05, 0) is 36.4 Å². The molecule has 11 heteroatoms. The van der Waals surface area contributed by atoms with E-state index < -0.39 is 10.0 Å². The van der Waals surface area contributed by atoms with Crippen LogP contribution in [0.25, 0.3) is 0 Å². The number of sulfonamides is 1. The monoisotopic (exact) mass is 441 g/mol. The van der Waals surface area contributed by atoms with Crippen LogP contribution in [-0.4, -0.2) is 48.6 Å². The second-order valence-electron chi connectivity index (χ2n) is 6.64. The van der Waals surface area contributed by atoms with Gasteiger partial charge >= 0.3 is 0 Å². The fraction of sp³-hybridized carbons (Fsp3) is 0.200. The van der Waals surface area contributed by atoms with Crippen molar-refractivity contribution >= 4 is 27.6 Å². The minimum absolute atomic E-state index is 0.0111. The van der Waals surface area contributed by atoms with E-state index in [9.17, 15) is 13.2 Å². The summed E-state index contributed by atoms with van der Waals surface area (Å²) in [6, 6.07) is 10.5. The number of nitrogens with zero attached hydrogens (tertiary/aromatic N) is 3. The van der Waals surface area contributed by atoms with E-state index in [-0.39, 0.29) is 22.9 Å². The van der Waals surface area contributed by atoms with Crippen molar-refractivity contribution in [2.45, 2.75) is 17.4 Å². The number of anilines is 2. The Morgan fingerprint density at radius 3 is 2.48 bits per heavy atom. The standard InChI is InChI=1S/C20H19N5O5S/c26-19(14-2-7-18(23-12-14)30-16-8-11-29-13-16)24-15-3-5-17(6-4-15)31(27,28)25-20-21-9-1-10-22-20/h1-7,9-10,12,16H,8,11,13H2,(H,24,26)(H,21,22,25). The first kappa shape index (κ1) is 20.7. The summed E-state index contributed by atoms with van der Waals surface area (Å²) in [4.78, 5) is 24.3. The summed E-state index contributed by atoms with van der Waals surface area (Å²) in [5.41, 5.74) is 0.776. The smallest absolute Gasteiger partial charge is 0.264 e. The molecule has 0 spiro atoms. The highest BCUT2D eigenvalue weighted by Gasteiger charge is 2.18. The normalized spacial score (nSPS) is 15.9. The Bertz CT molecular complexity index is 1130. The van der Waals surface area contributed by atoms with Crippen LogP contribution < -0.4 is 14.8 Å². The van der Waals surface area contributed by atoms with Gasteiger partial charge in [-0.3, -0.25) is 4.79 Å². The number of ether oxygens (including phenoxy) is 2. The van der Waals surface area contributed by atoms with Gasteiger partial charge in [-0.25, -0.2) is 28.1 Å². The van der Waals surface area contributed by atoms with E-state index in [0.29, 0.717) is 30.3 Å². The molecule has 1 atom stereocenters. The number of hydrogen-bond donors (Lipinski definition) is 2. The molecule has 1 unspecified atom stereocenters. The van der Waals surface area contributed by atoms with Crippen LogP contribution in [0.2, 0.25) is 0 Å². The SMILES string of the molecule is O=C(Nc1ccc(S(=O)(=O)Nc2ncccn2)cc1)c1ccc(OC2CCOC2)nc1. The summed E-state index contributed by atoms with van der Waals surface area (Å²) in [5, 5.41) is 2.70. The molecule has 1 aromatic carbocycles. The third-order valence-electron chi connectivity index (χ3n) is 4.39. The quantitative estimate of drug-likeness (QED) is 0.570. The van der Waals surface area contributed by atoms with E-state index >= 15 is 0 Å². The van der Waals surface area contributed by atoms with Gasteiger partial charge in [0.1, 0.15) is 6.10 Å². The third kappa shape index (κ3) is 5.32. The highest BCUT2D eigenvalue weighted by Crippen LogP contribution is 2.18. The zero-order chi connectivity index (χ0) is 21.7. The number of nitrogens with one attached hydrogen (secondary N) is 2. The minimum atomic E-state index is -3.85. The Hall–Kier alpha value is -3.57. The molecule has 0 radical (unpaired) electrons. The zero-order valence-corrected chi connectivity index (χ0v) is 17.1. The summed E-state index contributed by atoms with van der Waals surface area (Å²) in [6.07, 6.45) is 5.07. The number of amides is 1. The Kier molecular flexibility index (Phi) is 6.05. The molecule has 4 rings (SSSR count). The molecule has 1 saturated heterocycles. The van der Waals surface area contributed by atoms with Crippen LogP contribution >= 0.6 is 0 Å². The van der Waals surface area contributed by atoms with Crippen LogP contribution in [0.15, 0.2) is 66.0 Å². The number of aromatic nitrogens is 3. The van der Waals surface area contributed by atoms with Gasteiger partial charge in [0.25, 0.3) is 15.9 Å². The predicted octanol–water partition coefficient (Wildman–Crippen LogP) is 2.09. The summed E-state index contributed by atoms with van der Waals surface area (Å²) in [5.74, 6) is 0.0198. The van der Waals surface area contributed by atoms with E-state index in [2.05, 4.69) is 25.0 Å². The van der Waals surface area contributed by atoms with Gasteiger partial charge in [-0.15, -0.1) is 0 Å². The molecule has 1 aliphatic heterocycles. The Morgan fingerprint density at radius 1 is 1.06 bits per heavy atom. The lowest BCUT2D eigenvalue weighted by molar-refractivity contribution is 0.102. The van der Waals surface area contributed by atoms with E-state index in [1.54, 1.807) is 18.2 Å². The molecule has 0 bridgehead atoms. The number of pyridine rings is 1. The first-order valence-electron chi connectivity index (χ1n) is 9.41. The molecular formula is C20H19N5O5S. The second kappa shape index (κ2) is 9.06. The number of benzene rings is 1. The fourth-order valence-electron chi connectivity index (χ4n) is 2.81. The number of carbonyl (C=O) groups excluding carboxylic acids is 1. The average molecular weight is 441 g/mol. The van der Waals surface area contributed by atoms with Gasteiger partial charge in [-0.1, -0.05) is 0 Å². The lowest BCUT2D eigenvalue weighted by Crippen LogP contribution is -2.17. The molecule has 2 aromatic heterocycles. The third-order valence-corrected chi connectivity index (χ3v) is 5.73. The first-order valence-corrected chi connectivity index (χ1v) is 10.9.